The number of hydrogen-bond acceptors (Lipinski definition) is 2. The van der Waals surface area contributed by atoms with Gasteiger partial charge in [-0.3, -0.25) is 0 Å². The van der Waals surface area contributed by atoms with E-state index in [0.717, 1.165) is 34.6 Å². The minimum absolute atomic E-state index is 0.184. The second kappa shape index (κ2) is 5.07. The van der Waals surface area contributed by atoms with Crippen LogP contribution in [-0.2, 0) is 0 Å². The highest BCUT2D eigenvalue weighted by Crippen LogP contribution is 2.37. The third kappa shape index (κ3) is 1.95. The molecule has 0 saturated heterocycles. The normalized spacial score (nSPS) is 25.9. The molecule has 22 heavy (non-hydrogen) atoms. The van der Waals surface area contributed by atoms with Gasteiger partial charge in [0.25, 0.3) is 0 Å². The van der Waals surface area contributed by atoms with E-state index in [1.165, 1.54) is 6.07 Å². The van der Waals surface area contributed by atoms with Gasteiger partial charge < -0.3 is 14.8 Å². The third-order valence-electron chi connectivity index (χ3n) is 4.79. The summed E-state index contributed by atoms with van der Waals surface area (Å²) in [4.78, 5) is 0. The molecule has 0 radical (unpaired) electrons. The Kier molecular flexibility index (Phi) is 3.17. The van der Waals surface area contributed by atoms with Crippen LogP contribution in [0.25, 0.3) is 21.8 Å². The smallest absolute Gasteiger partial charge is 0.123 e. The molecule has 3 aromatic rings. The molecule has 1 aliphatic carbocycles. The Labute approximate surface area is 127 Å². The predicted octanol–water partition coefficient (Wildman–Crippen LogP) is 3.38. The number of halogens is 1. The first-order valence-electron chi connectivity index (χ1n) is 7.71. The first kappa shape index (κ1) is 13.7. The number of hydrogen-bond donors (Lipinski definition) is 2. The molecule has 4 heteroatoms. The van der Waals surface area contributed by atoms with Crippen molar-refractivity contribution in [3.8, 4) is 0 Å². The summed E-state index contributed by atoms with van der Waals surface area (Å²) in [5, 5.41) is 22.3. The summed E-state index contributed by atoms with van der Waals surface area (Å²) in [5.41, 5.74) is 1.88. The van der Waals surface area contributed by atoms with Crippen LogP contribution in [0.1, 0.15) is 25.3 Å². The standard InChI is InChI=1S/C18H18FNO2/c19-11-8-9-15-13(10-11)12-4-1-2-5-14(12)20(15)16-6-3-7-17(21)18(16)22/h1-2,4-5,8-10,16-18,21-22H,3,6-7H2/t16-,17-,18+/m1/s1. The molecule has 0 bridgehead atoms. The van der Waals surface area contributed by atoms with Crippen molar-refractivity contribution in [3.63, 3.8) is 0 Å². The number of para-hydroxylation sites is 1. The molecule has 0 spiro atoms. The molecule has 114 valence electrons. The lowest BCUT2D eigenvalue weighted by Gasteiger charge is -2.33. The van der Waals surface area contributed by atoms with Gasteiger partial charge in [0.1, 0.15) is 11.9 Å². The summed E-state index contributed by atoms with van der Waals surface area (Å²) in [7, 11) is 0. The van der Waals surface area contributed by atoms with Gasteiger partial charge in [-0.2, -0.15) is 0 Å². The fourth-order valence-corrected chi connectivity index (χ4v) is 3.75. The van der Waals surface area contributed by atoms with E-state index in [1.807, 2.05) is 24.3 Å². The van der Waals surface area contributed by atoms with Crippen molar-refractivity contribution in [3.05, 3.63) is 48.3 Å². The molecule has 0 unspecified atom stereocenters. The molecule has 2 N–H and O–H groups in total. The van der Waals surface area contributed by atoms with E-state index < -0.39 is 12.2 Å². The summed E-state index contributed by atoms with van der Waals surface area (Å²) in [6, 6.07) is 12.4. The van der Waals surface area contributed by atoms with Crippen LogP contribution in [0.4, 0.5) is 4.39 Å². The number of aliphatic hydroxyl groups is 2. The van der Waals surface area contributed by atoms with Gasteiger partial charge in [0.05, 0.1) is 12.1 Å². The quantitative estimate of drug-likeness (QED) is 0.723. The van der Waals surface area contributed by atoms with E-state index >= 15 is 0 Å². The second-order valence-electron chi connectivity index (χ2n) is 6.10. The Morgan fingerprint density at radius 2 is 1.73 bits per heavy atom. The fraction of sp³-hybridized carbons (Fsp3) is 0.333. The molecular weight excluding hydrogens is 281 g/mol. The SMILES string of the molecule is O[C@@H]1[C@H](O)CCC[C@H]1n1c2ccccc2c2cc(F)ccc21. The first-order chi connectivity index (χ1) is 10.7. The molecule has 1 saturated carbocycles. The molecule has 0 amide bonds. The average Bonchev–Trinajstić information content (AvgIpc) is 2.84. The van der Waals surface area contributed by atoms with E-state index in [0.29, 0.717) is 6.42 Å². The maximum absolute atomic E-state index is 13.7. The van der Waals surface area contributed by atoms with Crippen LogP contribution in [0.2, 0.25) is 0 Å². The van der Waals surface area contributed by atoms with Gasteiger partial charge in [0.15, 0.2) is 0 Å². The van der Waals surface area contributed by atoms with Crippen LogP contribution in [-0.4, -0.2) is 27.0 Å². The summed E-state index contributed by atoms with van der Waals surface area (Å²) in [6.07, 6.45) is 0.818. The van der Waals surface area contributed by atoms with E-state index in [1.54, 1.807) is 12.1 Å². The number of aromatic nitrogens is 1. The Morgan fingerprint density at radius 1 is 0.955 bits per heavy atom. The second-order valence-corrected chi connectivity index (χ2v) is 6.10. The molecule has 3 nitrogen and oxygen atoms in total. The highest BCUT2D eigenvalue weighted by atomic mass is 19.1. The molecule has 4 rings (SSSR count). The van der Waals surface area contributed by atoms with Crippen molar-refractivity contribution in [2.24, 2.45) is 0 Å². The molecule has 1 fully saturated rings. The Bertz CT molecular complexity index is 842. The van der Waals surface area contributed by atoms with E-state index in [9.17, 15) is 14.6 Å². The molecular formula is C18H18FNO2. The summed E-state index contributed by atoms with van der Waals surface area (Å²) < 4.78 is 15.7. The van der Waals surface area contributed by atoms with Gasteiger partial charge in [0, 0.05) is 21.8 Å². The van der Waals surface area contributed by atoms with E-state index in [4.69, 9.17) is 0 Å². The first-order valence-corrected chi connectivity index (χ1v) is 7.71. The van der Waals surface area contributed by atoms with Crippen LogP contribution in [0.15, 0.2) is 42.5 Å². The zero-order valence-corrected chi connectivity index (χ0v) is 12.1. The number of nitrogens with zero attached hydrogens (tertiary/aromatic N) is 1. The lowest BCUT2D eigenvalue weighted by Crippen LogP contribution is -2.38. The van der Waals surface area contributed by atoms with Gasteiger partial charge in [-0.25, -0.2) is 4.39 Å². The molecule has 0 aliphatic heterocycles. The van der Waals surface area contributed by atoms with Crippen LogP contribution >= 0.6 is 0 Å². The van der Waals surface area contributed by atoms with E-state index in [2.05, 4.69) is 4.57 Å². The van der Waals surface area contributed by atoms with Gasteiger partial charge in [-0.05, 0) is 43.5 Å². The molecule has 1 heterocycles. The van der Waals surface area contributed by atoms with Crippen molar-refractivity contribution >= 4 is 21.8 Å². The van der Waals surface area contributed by atoms with Crippen molar-refractivity contribution in [1.29, 1.82) is 0 Å². The van der Waals surface area contributed by atoms with Crippen LogP contribution in [0.5, 0.6) is 0 Å². The lowest BCUT2D eigenvalue weighted by atomic mass is 9.89. The van der Waals surface area contributed by atoms with Crippen LogP contribution in [0, 0.1) is 5.82 Å². The zero-order chi connectivity index (χ0) is 15.3. The molecule has 1 aliphatic rings. The third-order valence-corrected chi connectivity index (χ3v) is 4.79. The van der Waals surface area contributed by atoms with Gasteiger partial charge in [-0.15, -0.1) is 0 Å². The summed E-state index contributed by atoms with van der Waals surface area (Å²) >= 11 is 0. The zero-order valence-electron chi connectivity index (χ0n) is 12.1. The van der Waals surface area contributed by atoms with Crippen molar-refractivity contribution < 1.29 is 14.6 Å². The molecule has 1 aromatic heterocycles. The van der Waals surface area contributed by atoms with Gasteiger partial charge in [-0.1, -0.05) is 18.2 Å². The van der Waals surface area contributed by atoms with Crippen molar-refractivity contribution in [2.45, 2.75) is 37.5 Å². The maximum Gasteiger partial charge on any atom is 0.123 e. The van der Waals surface area contributed by atoms with Crippen molar-refractivity contribution in [2.75, 3.05) is 0 Å². The Morgan fingerprint density at radius 3 is 2.59 bits per heavy atom. The lowest BCUT2D eigenvalue weighted by molar-refractivity contribution is -0.0375. The van der Waals surface area contributed by atoms with Gasteiger partial charge >= 0.3 is 0 Å². The van der Waals surface area contributed by atoms with Crippen LogP contribution in [0.3, 0.4) is 0 Å². The number of aliphatic hydroxyl groups excluding tert-OH is 2. The minimum Gasteiger partial charge on any atom is -0.390 e. The fourth-order valence-electron chi connectivity index (χ4n) is 3.75. The predicted molar refractivity (Wildman–Crippen MR) is 84.3 cm³/mol. The number of rotatable bonds is 1. The van der Waals surface area contributed by atoms with Gasteiger partial charge in [0.2, 0.25) is 0 Å². The summed E-state index contributed by atoms with van der Waals surface area (Å²) in [6.45, 7) is 0. The highest BCUT2D eigenvalue weighted by molar-refractivity contribution is 6.08. The average molecular weight is 299 g/mol. The number of benzene rings is 2. The maximum atomic E-state index is 13.7. The van der Waals surface area contributed by atoms with Crippen LogP contribution < -0.4 is 0 Å². The molecule has 3 atom stereocenters. The Hall–Kier alpha value is -1.91. The largest absolute Gasteiger partial charge is 0.390 e. The molecule has 2 aromatic carbocycles. The minimum atomic E-state index is -0.794. The Balaban J connectivity index is 2.02. The topological polar surface area (TPSA) is 45.4 Å². The number of fused-ring (bicyclic) bond motifs is 3. The van der Waals surface area contributed by atoms with Crippen molar-refractivity contribution in [1.82, 2.24) is 4.57 Å². The summed E-state index contributed by atoms with van der Waals surface area (Å²) in [5.74, 6) is -0.264. The van der Waals surface area contributed by atoms with E-state index in [-0.39, 0.29) is 11.9 Å². The monoisotopic (exact) mass is 299 g/mol. The highest BCUT2D eigenvalue weighted by Gasteiger charge is 2.33.